The van der Waals surface area contributed by atoms with Gasteiger partial charge in [-0.1, -0.05) is 6.07 Å². The second-order valence-electron chi connectivity index (χ2n) is 5.97. The molecular formula is C19H20N2O3. The number of imide groups is 1. The van der Waals surface area contributed by atoms with Crippen LogP contribution in [0.5, 0.6) is 5.75 Å². The Bertz CT molecular complexity index is 784. The highest BCUT2D eigenvalue weighted by atomic mass is 16.5. The summed E-state index contributed by atoms with van der Waals surface area (Å²) in [6.07, 6.45) is 0.151. The summed E-state index contributed by atoms with van der Waals surface area (Å²) in [5.74, 6) is 0.248. The molecule has 5 nitrogen and oxygen atoms in total. The lowest BCUT2D eigenvalue weighted by Crippen LogP contribution is -2.34. The Morgan fingerprint density at radius 1 is 1.04 bits per heavy atom. The van der Waals surface area contributed by atoms with Crippen LogP contribution in [0.2, 0.25) is 0 Å². The summed E-state index contributed by atoms with van der Waals surface area (Å²) in [4.78, 5) is 26.2. The van der Waals surface area contributed by atoms with Gasteiger partial charge < -0.3 is 10.1 Å². The molecule has 0 bridgehead atoms. The molecular weight excluding hydrogens is 304 g/mol. The number of methoxy groups -OCH3 is 1. The minimum absolute atomic E-state index is 0.151. The molecule has 1 saturated heterocycles. The van der Waals surface area contributed by atoms with Crippen LogP contribution < -0.4 is 15.0 Å². The number of ether oxygens (including phenoxy) is 1. The Morgan fingerprint density at radius 2 is 1.75 bits per heavy atom. The number of hydrogen-bond acceptors (Lipinski definition) is 4. The summed E-state index contributed by atoms with van der Waals surface area (Å²) in [5, 5.41) is 3.17. The number of carbonyl (C=O) groups excluding carboxylic acids is 2. The van der Waals surface area contributed by atoms with Gasteiger partial charge in [-0.05, 0) is 61.4 Å². The Hall–Kier alpha value is -2.82. The number of anilines is 2. The fraction of sp³-hybridized carbons (Fsp3) is 0.263. The number of amides is 2. The molecule has 1 fully saturated rings. The number of nitrogens with zero attached hydrogens (tertiary/aromatic N) is 1. The van der Waals surface area contributed by atoms with Crippen molar-refractivity contribution in [2.45, 2.75) is 26.3 Å². The smallest absolute Gasteiger partial charge is 0.256 e. The average molecular weight is 324 g/mol. The Balaban J connectivity index is 1.79. The summed E-state index contributed by atoms with van der Waals surface area (Å²) in [6, 6.07) is 12.3. The maximum Gasteiger partial charge on any atom is 0.256 e. The van der Waals surface area contributed by atoms with Crippen molar-refractivity contribution in [3.63, 3.8) is 0 Å². The topological polar surface area (TPSA) is 58.6 Å². The van der Waals surface area contributed by atoms with Crippen LogP contribution in [0.4, 0.5) is 11.4 Å². The molecule has 124 valence electrons. The second-order valence-corrected chi connectivity index (χ2v) is 5.97. The number of nitrogens with one attached hydrogen (secondary N) is 1. The molecule has 1 atom stereocenters. The van der Waals surface area contributed by atoms with Crippen LogP contribution in [0.3, 0.4) is 0 Å². The lowest BCUT2D eigenvalue weighted by atomic mass is 10.1. The van der Waals surface area contributed by atoms with E-state index in [0.29, 0.717) is 11.4 Å². The van der Waals surface area contributed by atoms with E-state index in [1.165, 1.54) is 10.5 Å². The highest BCUT2D eigenvalue weighted by molar-refractivity contribution is 6.23. The first-order valence-electron chi connectivity index (χ1n) is 7.84. The zero-order valence-corrected chi connectivity index (χ0v) is 14.0. The number of hydrogen-bond donors (Lipinski definition) is 1. The van der Waals surface area contributed by atoms with Crippen molar-refractivity contribution in [2.75, 3.05) is 17.3 Å². The van der Waals surface area contributed by atoms with Crippen molar-refractivity contribution in [2.24, 2.45) is 0 Å². The van der Waals surface area contributed by atoms with Gasteiger partial charge in [-0.2, -0.15) is 0 Å². The minimum Gasteiger partial charge on any atom is -0.497 e. The van der Waals surface area contributed by atoms with Gasteiger partial charge in [0, 0.05) is 5.69 Å². The van der Waals surface area contributed by atoms with E-state index in [1.54, 1.807) is 31.4 Å². The van der Waals surface area contributed by atoms with Gasteiger partial charge in [-0.25, -0.2) is 4.90 Å². The molecule has 1 N–H and O–H groups in total. The molecule has 3 rings (SSSR count). The molecule has 0 aromatic heterocycles. The van der Waals surface area contributed by atoms with Crippen LogP contribution in [0, 0.1) is 13.8 Å². The molecule has 0 radical (unpaired) electrons. The van der Waals surface area contributed by atoms with E-state index in [1.807, 2.05) is 32.0 Å². The van der Waals surface area contributed by atoms with E-state index < -0.39 is 6.04 Å². The predicted molar refractivity (Wildman–Crippen MR) is 93.4 cm³/mol. The third-order valence-corrected chi connectivity index (χ3v) is 4.33. The van der Waals surface area contributed by atoms with E-state index >= 15 is 0 Å². The standard InChI is InChI=1S/C19H20N2O3/c1-12-4-5-14(10-13(12)2)20-17-11-18(22)21(19(17)23)15-6-8-16(24-3)9-7-15/h4-10,17,20H,11H2,1-3H3/t17-/m0/s1. The molecule has 2 aromatic rings. The van der Waals surface area contributed by atoms with E-state index in [9.17, 15) is 9.59 Å². The molecule has 24 heavy (non-hydrogen) atoms. The van der Waals surface area contributed by atoms with Crippen LogP contribution in [0.15, 0.2) is 42.5 Å². The molecule has 1 heterocycles. The molecule has 1 aliphatic rings. The van der Waals surface area contributed by atoms with Crippen LogP contribution in [0.25, 0.3) is 0 Å². The fourth-order valence-electron chi connectivity index (χ4n) is 2.78. The van der Waals surface area contributed by atoms with E-state index in [0.717, 1.165) is 11.3 Å². The monoisotopic (exact) mass is 324 g/mol. The highest BCUT2D eigenvalue weighted by Crippen LogP contribution is 2.27. The number of aryl methyl sites for hydroxylation is 2. The third-order valence-electron chi connectivity index (χ3n) is 4.33. The Labute approximate surface area is 141 Å². The van der Waals surface area contributed by atoms with Gasteiger partial charge in [-0.15, -0.1) is 0 Å². The number of rotatable bonds is 4. The first-order valence-corrected chi connectivity index (χ1v) is 7.84. The van der Waals surface area contributed by atoms with Crippen molar-refractivity contribution in [1.82, 2.24) is 0 Å². The maximum atomic E-state index is 12.6. The van der Waals surface area contributed by atoms with Gasteiger partial charge >= 0.3 is 0 Å². The molecule has 2 amide bonds. The van der Waals surface area contributed by atoms with Gasteiger partial charge in [0.15, 0.2) is 0 Å². The lowest BCUT2D eigenvalue weighted by molar-refractivity contribution is -0.121. The van der Waals surface area contributed by atoms with E-state index in [4.69, 9.17) is 4.74 Å². The SMILES string of the molecule is COc1ccc(N2C(=O)C[C@H](Nc3ccc(C)c(C)c3)C2=O)cc1. The summed E-state index contributed by atoms with van der Waals surface area (Å²) >= 11 is 0. The largest absolute Gasteiger partial charge is 0.497 e. The predicted octanol–water partition coefficient (Wildman–Crippen LogP) is 3.06. The molecule has 0 saturated carbocycles. The van der Waals surface area contributed by atoms with Gasteiger partial charge in [0.1, 0.15) is 11.8 Å². The van der Waals surface area contributed by atoms with Crippen molar-refractivity contribution >= 4 is 23.2 Å². The van der Waals surface area contributed by atoms with Gasteiger partial charge in [-0.3, -0.25) is 9.59 Å². The quantitative estimate of drug-likeness (QED) is 0.878. The molecule has 5 heteroatoms. The Morgan fingerprint density at radius 3 is 2.38 bits per heavy atom. The fourth-order valence-corrected chi connectivity index (χ4v) is 2.78. The minimum atomic E-state index is -0.540. The molecule has 2 aromatic carbocycles. The van der Waals surface area contributed by atoms with Crippen LogP contribution in [0.1, 0.15) is 17.5 Å². The van der Waals surface area contributed by atoms with E-state index in [-0.39, 0.29) is 18.2 Å². The van der Waals surface area contributed by atoms with Gasteiger partial charge in [0.05, 0.1) is 19.2 Å². The first-order chi connectivity index (χ1) is 11.5. The van der Waals surface area contributed by atoms with Crippen LogP contribution in [-0.2, 0) is 9.59 Å². The zero-order chi connectivity index (χ0) is 17.3. The number of benzene rings is 2. The molecule has 0 spiro atoms. The van der Waals surface area contributed by atoms with Crippen molar-refractivity contribution in [3.05, 3.63) is 53.6 Å². The second kappa shape index (κ2) is 6.35. The number of carbonyl (C=O) groups is 2. The third kappa shape index (κ3) is 2.97. The summed E-state index contributed by atoms with van der Waals surface area (Å²) in [5.41, 5.74) is 3.74. The lowest BCUT2D eigenvalue weighted by Gasteiger charge is -2.17. The zero-order valence-electron chi connectivity index (χ0n) is 14.0. The normalized spacial score (nSPS) is 17.3. The molecule has 1 aliphatic heterocycles. The van der Waals surface area contributed by atoms with Crippen LogP contribution >= 0.6 is 0 Å². The van der Waals surface area contributed by atoms with Gasteiger partial charge in [0.25, 0.3) is 5.91 Å². The van der Waals surface area contributed by atoms with Crippen LogP contribution in [-0.4, -0.2) is 25.0 Å². The molecule has 0 aliphatic carbocycles. The van der Waals surface area contributed by atoms with E-state index in [2.05, 4.69) is 5.32 Å². The Kier molecular flexibility index (Phi) is 4.25. The van der Waals surface area contributed by atoms with Crippen molar-refractivity contribution < 1.29 is 14.3 Å². The summed E-state index contributed by atoms with van der Waals surface area (Å²) in [7, 11) is 1.57. The highest BCUT2D eigenvalue weighted by Gasteiger charge is 2.39. The average Bonchev–Trinajstić information content (AvgIpc) is 2.85. The summed E-state index contributed by atoms with van der Waals surface area (Å²) in [6.45, 7) is 4.06. The summed E-state index contributed by atoms with van der Waals surface area (Å²) < 4.78 is 5.11. The first kappa shape index (κ1) is 16.1. The molecule has 0 unspecified atom stereocenters. The van der Waals surface area contributed by atoms with Crippen molar-refractivity contribution in [3.8, 4) is 5.75 Å². The maximum absolute atomic E-state index is 12.6. The van der Waals surface area contributed by atoms with Crippen molar-refractivity contribution in [1.29, 1.82) is 0 Å². The van der Waals surface area contributed by atoms with Gasteiger partial charge in [0.2, 0.25) is 5.91 Å².